The Bertz CT molecular complexity index is 551. The lowest BCUT2D eigenvalue weighted by Crippen LogP contribution is -2.38. The maximum absolute atomic E-state index is 5.77. The van der Waals surface area contributed by atoms with Crippen LogP contribution in [0.1, 0.15) is 0 Å². The third-order valence-corrected chi connectivity index (χ3v) is 4.20. The van der Waals surface area contributed by atoms with Crippen LogP contribution in [0.5, 0.6) is 0 Å². The molecule has 102 valence electrons. The molecular formula is C13H18N4OS. The smallest absolute Gasteiger partial charge is 0.183 e. The second-order valence-electron chi connectivity index (χ2n) is 4.63. The normalized spacial score (nSPS) is 16.8. The summed E-state index contributed by atoms with van der Waals surface area (Å²) in [6, 6.07) is 5.83. The first-order valence-electron chi connectivity index (χ1n) is 6.51. The summed E-state index contributed by atoms with van der Waals surface area (Å²) in [5.74, 6) is 0. The minimum absolute atomic E-state index is 0.788. The van der Waals surface area contributed by atoms with Crippen LogP contribution in [0, 0.1) is 0 Å². The monoisotopic (exact) mass is 278 g/mol. The number of thiazole rings is 1. The van der Waals surface area contributed by atoms with Crippen molar-refractivity contribution in [2.24, 2.45) is 0 Å². The summed E-state index contributed by atoms with van der Waals surface area (Å²) in [6.45, 7) is 5.69. The van der Waals surface area contributed by atoms with Crippen LogP contribution in [-0.4, -0.2) is 49.3 Å². The molecule has 1 aromatic heterocycles. The molecule has 0 aliphatic carbocycles. The summed E-state index contributed by atoms with van der Waals surface area (Å²) < 4.78 is 6.46. The number of nitrogens with two attached hydrogens (primary N) is 1. The molecule has 6 heteroatoms. The number of nitrogens with zero attached hydrogens (tertiary/aromatic N) is 2. The highest BCUT2D eigenvalue weighted by Gasteiger charge is 2.10. The third-order valence-electron chi connectivity index (χ3n) is 3.22. The Kier molecular flexibility index (Phi) is 3.82. The second kappa shape index (κ2) is 5.73. The zero-order valence-corrected chi connectivity index (χ0v) is 11.6. The molecule has 0 amide bonds. The number of ether oxygens (including phenoxy) is 1. The van der Waals surface area contributed by atoms with Gasteiger partial charge in [-0.15, -0.1) is 0 Å². The summed E-state index contributed by atoms with van der Waals surface area (Å²) in [6.07, 6.45) is 0. The van der Waals surface area contributed by atoms with Gasteiger partial charge in [-0.25, -0.2) is 4.98 Å². The Labute approximate surface area is 116 Å². The van der Waals surface area contributed by atoms with Gasteiger partial charge < -0.3 is 15.8 Å². The molecule has 1 aromatic carbocycles. The van der Waals surface area contributed by atoms with Gasteiger partial charge in [-0.2, -0.15) is 0 Å². The first kappa shape index (κ1) is 12.7. The standard InChI is InChI=1S/C13H18N4OS/c14-10-1-2-11-12(9-10)19-13(16-11)15-3-4-17-5-7-18-8-6-17/h1-2,9H,3-8,14H2,(H,15,16). The molecule has 1 saturated heterocycles. The van der Waals surface area contributed by atoms with Gasteiger partial charge in [0.1, 0.15) is 0 Å². The minimum Gasteiger partial charge on any atom is -0.399 e. The van der Waals surface area contributed by atoms with Crippen LogP contribution in [0.4, 0.5) is 10.8 Å². The summed E-state index contributed by atoms with van der Waals surface area (Å²) >= 11 is 1.65. The van der Waals surface area contributed by atoms with E-state index in [2.05, 4.69) is 15.2 Å². The molecule has 1 aliphatic heterocycles. The fourth-order valence-electron chi connectivity index (χ4n) is 2.16. The van der Waals surface area contributed by atoms with Gasteiger partial charge in [0.05, 0.1) is 23.4 Å². The van der Waals surface area contributed by atoms with E-state index in [9.17, 15) is 0 Å². The average Bonchev–Trinajstić information content (AvgIpc) is 2.82. The van der Waals surface area contributed by atoms with E-state index < -0.39 is 0 Å². The minimum atomic E-state index is 0.788. The molecule has 2 heterocycles. The molecule has 3 rings (SSSR count). The molecule has 0 radical (unpaired) electrons. The zero-order valence-electron chi connectivity index (χ0n) is 10.8. The van der Waals surface area contributed by atoms with E-state index in [1.54, 1.807) is 11.3 Å². The van der Waals surface area contributed by atoms with Gasteiger partial charge in [-0.3, -0.25) is 4.90 Å². The molecule has 19 heavy (non-hydrogen) atoms. The van der Waals surface area contributed by atoms with Crippen molar-refractivity contribution in [3.63, 3.8) is 0 Å². The molecule has 0 atom stereocenters. The van der Waals surface area contributed by atoms with Crippen LogP contribution >= 0.6 is 11.3 Å². The SMILES string of the molecule is Nc1ccc2nc(NCCN3CCOCC3)sc2c1. The maximum Gasteiger partial charge on any atom is 0.183 e. The lowest BCUT2D eigenvalue weighted by molar-refractivity contribution is 0.0398. The summed E-state index contributed by atoms with van der Waals surface area (Å²) in [7, 11) is 0. The van der Waals surface area contributed by atoms with Gasteiger partial charge >= 0.3 is 0 Å². The van der Waals surface area contributed by atoms with E-state index in [0.29, 0.717) is 0 Å². The van der Waals surface area contributed by atoms with E-state index >= 15 is 0 Å². The van der Waals surface area contributed by atoms with Crippen LogP contribution in [0.25, 0.3) is 10.2 Å². The first-order chi connectivity index (χ1) is 9.31. The average molecular weight is 278 g/mol. The number of morpholine rings is 1. The van der Waals surface area contributed by atoms with Crippen LogP contribution in [0.3, 0.4) is 0 Å². The molecule has 1 fully saturated rings. The van der Waals surface area contributed by atoms with E-state index in [1.165, 1.54) is 0 Å². The number of benzene rings is 1. The van der Waals surface area contributed by atoms with Gasteiger partial charge in [0, 0.05) is 31.9 Å². The molecule has 0 saturated carbocycles. The van der Waals surface area contributed by atoms with Crippen molar-refractivity contribution in [3.8, 4) is 0 Å². The topological polar surface area (TPSA) is 63.4 Å². The van der Waals surface area contributed by atoms with Crippen molar-refractivity contribution < 1.29 is 4.74 Å². The fourth-order valence-corrected chi connectivity index (χ4v) is 3.10. The Morgan fingerprint density at radius 1 is 1.37 bits per heavy atom. The lowest BCUT2D eigenvalue weighted by atomic mass is 10.3. The van der Waals surface area contributed by atoms with Crippen LogP contribution in [-0.2, 0) is 4.74 Å². The quantitative estimate of drug-likeness (QED) is 0.832. The maximum atomic E-state index is 5.77. The number of hydrogen-bond donors (Lipinski definition) is 2. The fraction of sp³-hybridized carbons (Fsp3) is 0.462. The number of rotatable bonds is 4. The largest absolute Gasteiger partial charge is 0.399 e. The highest BCUT2D eigenvalue weighted by atomic mass is 32.1. The predicted octanol–water partition coefficient (Wildman–Crippen LogP) is 1.62. The van der Waals surface area contributed by atoms with Crippen LogP contribution < -0.4 is 11.1 Å². The molecular weight excluding hydrogens is 260 g/mol. The second-order valence-corrected chi connectivity index (χ2v) is 5.66. The number of nitrogen functional groups attached to an aromatic ring is 1. The number of aromatic nitrogens is 1. The molecule has 5 nitrogen and oxygen atoms in total. The lowest BCUT2D eigenvalue weighted by Gasteiger charge is -2.26. The summed E-state index contributed by atoms with van der Waals surface area (Å²) in [5.41, 5.74) is 7.57. The molecule has 2 aromatic rings. The molecule has 0 spiro atoms. The van der Waals surface area contributed by atoms with Gasteiger partial charge in [0.15, 0.2) is 5.13 Å². The number of nitrogens with one attached hydrogen (secondary N) is 1. The summed E-state index contributed by atoms with van der Waals surface area (Å²) in [4.78, 5) is 6.95. The van der Waals surface area contributed by atoms with Crippen molar-refractivity contribution in [1.82, 2.24) is 9.88 Å². The van der Waals surface area contributed by atoms with E-state index in [-0.39, 0.29) is 0 Å². The van der Waals surface area contributed by atoms with Gasteiger partial charge in [-0.05, 0) is 18.2 Å². The Morgan fingerprint density at radius 2 is 2.21 bits per heavy atom. The van der Waals surface area contributed by atoms with E-state index in [4.69, 9.17) is 10.5 Å². The predicted molar refractivity (Wildman–Crippen MR) is 79.8 cm³/mol. The van der Waals surface area contributed by atoms with Crippen molar-refractivity contribution in [2.45, 2.75) is 0 Å². The Hall–Kier alpha value is -1.37. The first-order valence-corrected chi connectivity index (χ1v) is 7.33. The third kappa shape index (κ3) is 3.15. The number of fused-ring (bicyclic) bond motifs is 1. The van der Waals surface area contributed by atoms with Crippen molar-refractivity contribution in [3.05, 3.63) is 18.2 Å². The van der Waals surface area contributed by atoms with Gasteiger partial charge in [-0.1, -0.05) is 11.3 Å². The molecule has 3 N–H and O–H groups in total. The van der Waals surface area contributed by atoms with E-state index in [0.717, 1.165) is 60.4 Å². The number of hydrogen-bond acceptors (Lipinski definition) is 6. The van der Waals surface area contributed by atoms with Crippen molar-refractivity contribution in [1.29, 1.82) is 0 Å². The van der Waals surface area contributed by atoms with Gasteiger partial charge in [0.25, 0.3) is 0 Å². The molecule has 1 aliphatic rings. The van der Waals surface area contributed by atoms with Crippen molar-refractivity contribution >= 4 is 32.4 Å². The molecule has 0 bridgehead atoms. The van der Waals surface area contributed by atoms with Crippen LogP contribution in [0.15, 0.2) is 18.2 Å². The Morgan fingerprint density at radius 3 is 3.05 bits per heavy atom. The number of anilines is 2. The highest BCUT2D eigenvalue weighted by Crippen LogP contribution is 2.27. The van der Waals surface area contributed by atoms with Crippen molar-refractivity contribution in [2.75, 3.05) is 50.4 Å². The highest BCUT2D eigenvalue weighted by molar-refractivity contribution is 7.22. The van der Waals surface area contributed by atoms with E-state index in [1.807, 2.05) is 18.2 Å². The van der Waals surface area contributed by atoms with Crippen LogP contribution in [0.2, 0.25) is 0 Å². The zero-order chi connectivity index (χ0) is 13.1. The summed E-state index contributed by atoms with van der Waals surface area (Å²) in [5, 5.41) is 4.35. The van der Waals surface area contributed by atoms with Gasteiger partial charge in [0.2, 0.25) is 0 Å². The molecule has 0 unspecified atom stereocenters. The Balaban J connectivity index is 1.56.